The van der Waals surface area contributed by atoms with Crippen molar-refractivity contribution < 1.29 is 9.47 Å². The van der Waals surface area contributed by atoms with Crippen molar-refractivity contribution in [1.29, 1.82) is 0 Å². The number of aryl methyl sites for hydroxylation is 1. The molecular weight excluding hydrogens is 298 g/mol. The third kappa shape index (κ3) is 3.69. The van der Waals surface area contributed by atoms with Gasteiger partial charge in [0, 0.05) is 37.7 Å². The monoisotopic (exact) mass is 323 g/mol. The minimum atomic E-state index is 0.115. The molecule has 0 aliphatic heterocycles. The first-order valence-electron chi connectivity index (χ1n) is 8.39. The molecule has 0 bridgehead atoms. The second-order valence-electron chi connectivity index (χ2n) is 6.20. The molecule has 1 aromatic carbocycles. The van der Waals surface area contributed by atoms with Crippen LogP contribution in [0.5, 0.6) is 0 Å². The van der Waals surface area contributed by atoms with Crippen LogP contribution in [0.3, 0.4) is 0 Å². The van der Waals surface area contributed by atoms with E-state index in [-0.39, 0.29) is 12.2 Å². The average Bonchev–Trinajstić information content (AvgIpc) is 2.64. The van der Waals surface area contributed by atoms with Crippen LogP contribution in [0.25, 0.3) is 0 Å². The predicted octanol–water partition coefficient (Wildman–Crippen LogP) is 4.52. The maximum atomic E-state index is 5.54. The predicted molar refractivity (Wildman–Crippen MR) is 98.9 cm³/mol. The highest BCUT2D eigenvalue weighted by atomic mass is 16.5. The van der Waals surface area contributed by atoms with Crippen LogP contribution < -0.4 is 4.90 Å². The maximum Gasteiger partial charge on any atom is 0.0809 e. The summed E-state index contributed by atoms with van der Waals surface area (Å²) in [5.41, 5.74) is 4.78. The van der Waals surface area contributed by atoms with Crippen molar-refractivity contribution in [3.8, 4) is 0 Å². The van der Waals surface area contributed by atoms with Crippen LogP contribution in [-0.2, 0) is 9.47 Å². The van der Waals surface area contributed by atoms with Crippen molar-refractivity contribution in [3.05, 3.63) is 77.7 Å². The van der Waals surface area contributed by atoms with Gasteiger partial charge < -0.3 is 14.4 Å². The molecule has 2 atom stereocenters. The molecule has 2 aliphatic carbocycles. The smallest absolute Gasteiger partial charge is 0.0809 e. The molecule has 0 amide bonds. The molecule has 2 unspecified atom stereocenters. The summed E-state index contributed by atoms with van der Waals surface area (Å²) in [6.07, 6.45) is 14.9. The number of methoxy groups -OCH3 is 2. The van der Waals surface area contributed by atoms with Gasteiger partial charge in [0.05, 0.1) is 12.2 Å². The minimum absolute atomic E-state index is 0.115. The van der Waals surface area contributed by atoms with Crippen LogP contribution >= 0.6 is 0 Å². The average molecular weight is 323 g/mol. The third-order valence-electron chi connectivity index (χ3n) is 4.48. The molecule has 0 saturated carbocycles. The zero-order valence-electron chi connectivity index (χ0n) is 14.6. The summed E-state index contributed by atoms with van der Waals surface area (Å²) >= 11 is 0. The first-order chi connectivity index (χ1) is 11.7. The zero-order chi connectivity index (χ0) is 16.9. The molecule has 1 aromatic rings. The quantitative estimate of drug-likeness (QED) is 0.795. The van der Waals surface area contributed by atoms with Crippen molar-refractivity contribution in [2.45, 2.75) is 32.0 Å². The molecule has 3 nitrogen and oxygen atoms in total. The number of hydrogen-bond donors (Lipinski definition) is 0. The van der Waals surface area contributed by atoms with Crippen LogP contribution in [0.15, 0.2) is 72.1 Å². The van der Waals surface area contributed by atoms with E-state index in [1.807, 2.05) is 0 Å². The normalized spacial score (nSPS) is 23.0. The molecule has 0 spiro atoms. The van der Waals surface area contributed by atoms with E-state index in [9.17, 15) is 0 Å². The Morgan fingerprint density at radius 3 is 2.50 bits per heavy atom. The molecule has 0 N–H and O–H groups in total. The fourth-order valence-electron chi connectivity index (χ4n) is 3.09. The van der Waals surface area contributed by atoms with Gasteiger partial charge in [-0.2, -0.15) is 0 Å². The highest BCUT2D eigenvalue weighted by Crippen LogP contribution is 2.32. The van der Waals surface area contributed by atoms with E-state index in [1.165, 1.54) is 11.3 Å². The molecule has 0 heterocycles. The van der Waals surface area contributed by atoms with E-state index >= 15 is 0 Å². The summed E-state index contributed by atoms with van der Waals surface area (Å²) in [5, 5.41) is 0. The Morgan fingerprint density at radius 1 is 1.04 bits per heavy atom. The first kappa shape index (κ1) is 16.7. The Morgan fingerprint density at radius 2 is 1.79 bits per heavy atom. The Labute approximate surface area is 144 Å². The second kappa shape index (κ2) is 7.65. The van der Waals surface area contributed by atoms with Crippen molar-refractivity contribution in [2.75, 3.05) is 19.1 Å². The van der Waals surface area contributed by atoms with Gasteiger partial charge in [-0.25, -0.2) is 0 Å². The summed E-state index contributed by atoms with van der Waals surface area (Å²) in [4.78, 5) is 2.30. The van der Waals surface area contributed by atoms with E-state index in [0.717, 1.165) is 24.2 Å². The van der Waals surface area contributed by atoms with Gasteiger partial charge in [-0.3, -0.25) is 0 Å². The van der Waals surface area contributed by atoms with E-state index in [1.54, 1.807) is 14.2 Å². The number of benzene rings is 1. The number of anilines is 1. The number of rotatable bonds is 5. The summed E-state index contributed by atoms with van der Waals surface area (Å²) in [6.45, 7) is 2.11. The zero-order valence-corrected chi connectivity index (χ0v) is 14.6. The Kier molecular flexibility index (Phi) is 5.34. The van der Waals surface area contributed by atoms with Crippen molar-refractivity contribution in [1.82, 2.24) is 0 Å². The lowest BCUT2D eigenvalue weighted by Crippen LogP contribution is -2.27. The molecular formula is C21H25NO2. The largest absolute Gasteiger partial charge is 0.377 e. The molecule has 126 valence electrons. The first-order valence-corrected chi connectivity index (χ1v) is 8.39. The van der Waals surface area contributed by atoms with Crippen LogP contribution in [0.2, 0.25) is 0 Å². The highest BCUT2D eigenvalue weighted by molar-refractivity contribution is 5.62. The van der Waals surface area contributed by atoms with Crippen molar-refractivity contribution in [3.63, 3.8) is 0 Å². The Bertz CT molecular complexity index is 682. The van der Waals surface area contributed by atoms with Crippen LogP contribution in [-0.4, -0.2) is 26.4 Å². The molecule has 2 aliphatic rings. The van der Waals surface area contributed by atoms with Gasteiger partial charge in [0.1, 0.15) is 0 Å². The van der Waals surface area contributed by atoms with Gasteiger partial charge in [0.25, 0.3) is 0 Å². The lowest BCUT2D eigenvalue weighted by Gasteiger charge is -2.33. The van der Waals surface area contributed by atoms with E-state index in [0.29, 0.717) is 0 Å². The fourth-order valence-corrected chi connectivity index (χ4v) is 3.09. The number of hydrogen-bond acceptors (Lipinski definition) is 3. The highest BCUT2D eigenvalue weighted by Gasteiger charge is 2.22. The van der Waals surface area contributed by atoms with Gasteiger partial charge in [0.15, 0.2) is 0 Å². The SMILES string of the molecule is COC1C=C(N(C2=CC=CC(OC)C2)c2ccc(C)cc2)C=CC1. The summed E-state index contributed by atoms with van der Waals surface area (Å²) in [7, 11) is 3.52. The van der Waals surface area contributed by atoms with Gasteiger partial charge in [0.2, 0.25) is 0 Å². The van der Waals surface area contributed by atoms with Gasteiger partial charge in [-0.15, -0.1) is 0 Å². The van der Waals surface area contributed by atoms with Crippen molar-refractivity contribution >= 4 is 5.69 Å². The molecule has 0 fully saturated rings. The lowest BCUT2D eigenvalue weighted by atomic mass is 10.0. The molecule has 3 heteroatoms. The molecule has 24 heavy (non-hydrogen) atoms. The van der Waals surface area contributed by atoms with E-state index < -0.39 is 0 Å². The molecule has 0 aromatic heterocycles. The van der Waals surface area contributed by atoms with Crippen LogP contribution in [0, 0.1) is 6.92 Å². The van der Waals surface area contributed by atoms with Gasteiger partial charge >= 0.3 is 0 Å². The van der Waals surface area contributed by atoms with Crippen LogP contribution in [0.1, 0.15) is 18.4 Å². The topological polar surface area (TPSA) is 21.7 Å². The Hall–Kier alpha value is -2.10. The Balaban J connectivity index is 2.00. The van der Waals surface area contributed by atoms with E-state index in [2.05, 4.69) is 72.5 Å². The summed E-state index contributed by atoms with van der Waals surface area (Å²) in [5.74, 6) is 0. The minimum Gasteiger partial charge on any atom is -0.377 e. The number of ether oxygens (including phenoxy) is 2. The van der Waals surface area contributed by atoms with E-state index in [4.69, 9.17) is 9.47 Å². The number of allylic oxidation sites excluding steroid dienone is 3. The standard InChI is InChI=1S/C21H25NO2/c1-16-10-12-17(13-11-16)22(18-6-4-8-20(14-18)23-2)19-7-5-9-21(15-19)24-3/h4-8,10-13,15,20-21H,9,14H2,1-3H3. The van der Waals surface area contributed by atoms with Crippen molar-refractivity contribution in [2.24, 2.45) is 0 Å². The summed E-state index contributed by atoms with van der Waals surface area (Å²) in [6, 6.07) is 8.63. The molecule has 3 rings (SSSR count). The van der Waals surface area contributed by atoms with Gasteiger partial charge in [-0.05, 0) is 43.7 Å². The third-order valence-corrected chi connectivity index (χ3v) is 4.48. The maximum absolute atomic E-state index is 5.54. The van der Waals surface area contributed by atoms with Gasteiger partial charge in [-0.1, -0.05) is 35.9 Å². The van der Waals surface area contributed by atoms with Crippen LogP contribution in [0.4, 0.5) is 5.69 Å². The summed E-state index contributed by atoms with van der Waals surface area (Å²) < 4.78 is 11.1. The lowest BCUT2D eigenvalue weighted by molar-refractivity contribution is 0.139. The number of nitrogens with zero attached hydrogens (tertiary/aromatic N) is 1. The molecule has 0 radical (unpaired) electrons. The second-order valence-corrected chi connectivity index (χ2v) is 6.20. The fraction of sp³-hybridized carbons (Fsp3) is 0.333. The molecule has 0 saturated heterocycles.